The lowest BCUT2D eigenvalue weighted by molar-refractivity contribution is 0.0349. The molecular formula is C29H29F2NO2S. The van der Waals surface area contributed by atoms with E-state index >= 15 is 0 Å². The lowest BCUT2D eigenvalue weighted by atomic mass is 9.98. The van der Waals surface area contributed by atoms with E-state index in [0.29, 0.717) is 18.4 Å². The van der Waals surface area contributed by atoms with E-state index in [-0.39, 0.29) is 29.8 Å². The Balaban J connectivity index is 1.21. The summed E-state index contributed by atoms with van der Waals surface area (Å²) in [5.41, 5.74) is 4.45. The monoisotopic (exact) mass is 493 g/mol. The van der Waals surface area contributed by atoms with Gasteiger partial charge in [0.25, 0.3) is 5.91 Å². The van der Waals surface area contributed by atoms with E-state index in [9.17, 15) is 13.6 Å². The molecule has 0 saturated carbocycles. The van der Waals surface area contributed by atoms with Gasteiger partial charge in [0.2, 0.25) is 0 Å². The minimum Gasteiger partial charge on any atom is -0.487 e. The number of fused-ring (bicyclic) bond motifs is 2. The van der Waals surface area contributed by atoms with Crippen molar-refractivity contribution in [3.8, 4) is 5.75 Å². The molecule has 2 saturated heterocycles. The molecular weight excluding hydrogens is 464 g/mol. The summed E-state index contributed by atoms with van der Waals surface area (Å²) in [6, 6.07) is 17.8. The Morgan fingerprint density at radius 3 is 2.26 bits per heavy atom. The third-order valence-electron chi connectivity index (χ3n) is 7.10. The van der Waals surface area contributed by atoms with Crippen molar-refractivity contribution in [2.45, 2.75) is 68.4 Å². The number of rotatable bonds is 6. The van der Waals surface area contributed by atoms with Crippen LogP contribution in [-0.2, 0) is 5.75 Å². The number of carbonyl (C=O) groups is 1. The van der Waals surface area contributed by atoms with Crippen molar-refractivity contribution in [1.29, 1.82) is 0 Å². The van der Waals surface area contributed by atoms with Gasteiger partial charge in [0.15, 0.2) is 11.6 Å². The molecule has 3 nitrogen and oxygen atoms in total. The maximum atomic E-state index is 14.0. The van der Waals surface area contributed by atoms with Crippen molar-refractivity contribution in [1.82, 2.24) is 4.90 Å². The van der Waals surface area contributed by atoms with Gasteiger partial charge >= 0.3 is 0 Å². The van der Waals surface area contributed by atoms with Gasteiger partial charge < -0.3 is 9.64 Å². The number of thioether (sulfide) groups is 1. The zero-order chi connectivity index (χ0) is 24.5. The Kier molecular flexibility index (Phi) is 6.83. The van der Waals surface area contributed by atoms with Crippen LogP contribution in [0.4, 0.5) is 8.78 Å². The quantitative estimate of drug-likeness (QED) is 0.343. The number of piperidine rings is 1. The second kappa shape index (κ2) is 10.0. The molecule has 3 aromatic rings. The molecule has 35 heavy (non-hydrogen) atoms. The molecule has 5 rings (SSSR count). The Bertz CT molecular complexity index is 1200. The van der Waals surface area contributed by atoms with Crippen LogP contribution in [0.15, 0.2) is 65.6 Å². The van der Waals surface area contributed by atoms with Gasteiger partial charge in [-0.15, -0.1) is 11.8 Å². The van der Waals surface area contributed by atoms with E-state index in [1.165, 1.54) is 33.7 Å². The number of carbonyl (C=O) groups excluding carboxylic acids is 1. The molecule has 1 amide bonds. The second-order valence-corrected chi connectivity index (χ2v) is 10.6. The van der Waals surface area contributed by atoms with Crippen LogP contribution < -0.4 is 4.74 Å². The summed E-state index contributed by atoms with van der Waals surface area (Å²) >= 11 is 1.83. The van der Waals surface area contributed by atoms with Crippen LogP contribution in [0.1, 0.15) is 52.7 Å². The van der Waals surface area contributed by atoms with E-state index in [0.717, 1.165) is 24.7 Å². The molecule has 0 N–H and O–H groups in total. The first-order chi connectivity index (χ1) is 16.9. The van der Waals surface area contributed by atoms with Gasteiger partial charge in [0.1, 0.15) is 11.9 Å². The molecule has 6 heteroatoms. The van der Waals surface area contributed by atoms with Crippen LogP contribution in [0.25, 0.3) is 0 Å². The normalized spacial score (nSPS) is 21.3. The second-order valence-electron chi connectivity index (χ2n) is 9.59. The molecule has 2 bridgehead atoms. The van der Waals surface area contributed by atoms with Crippen molar-refractivity contribution in [2.24, 2.45) is 0 Å². The van der Waals surface area contributed by atoms with Gasteiger partial charge in [0.05, 0.1) is 0 Å². The number of nitrogens with zero attached hydrogens (tertiary/aromatic N) is 1. The van der Waals surface area contributed by atoms with Crippen LogP contribution in [-0.4, -0.2) is 29.0 Å². The molecule has 0 aliphatic carbocycles. The Labute approximate surface area is 209 Å². The SMILES string of the molecule is Cc1cccc(C)c1SCc1ccc(C(=O)N2[C@H]3CC[C@H]2CC(Oc2ccc(F)cc2F)C3)cc1. The molecule has 2 fully saturated rings. The summed E-state index contributed by atoms with van der Waals surface area (Å²) in [4.78, 5) is 16.7. The van der Waals surface area contributed by atoms with Crippen molar-refractivity contribution < 1.29 is 18.3 Å². The Morgan fingerprint density at radius 2 is 1.63 bits per heavy atom. The maximum Gasteiger partial charge on any atom is 0.254 e. The third-order valence-corrected chi connectivity index (χ3v) is 8.52. The van der Waals surface area contributed by atoms with Crippen LogP contribution >= 0.6 is 11.8 Å². The predicted octanol–water partition coefficient (Wildman–Crippen LogP) is 7.09. The van der Waals surface area contributed by atoms with Gasteiger partial charge in [-0.2, -0.15) is 0 Å². The summed E-state index contributed by atoms with van der Waals surface area (Å²) in [5.74, 6) is -0.326. The maximum absolute atomic E-state index is 14.0. The van der Waals surface area contributed by atoms with Gasteiger partial charge in [-0.25, -0.2) is 8.78 Å². The number of hydrogen-bond donors (Lipinski definition) is 0. The minimum atomic E-state index is -0.688. The number of benzene rings is 3. The number of amides is 1. The molecule has 2 aliphatic rings. The van der Waals surface area contributed by atoms with Crippen LogP contribution in [0.3, 0.4) is 0 Å². The number of halogens is 2. The average molecular weight is 494 g/mol. The van der Waals surface area contributed by atoms with Crippen molar-refractivity contribution in [3.63, 3.8) is 0 Å². The minimum absolute atomic E-state index is 0.0536. The standard InChI is InChI=1S/C29H29F2NO2S/c1-18-4-3-5-19(2)28(18)35-17-20-6-8-21(9-7-20)29(33)32-23-11-12-24(32)16-25(15-23)34-27-13-10-22(30)14-26(27)31/h3-10,13-14,23-25H,11-12,15-17H2,1-2H3/t23-,24-/m0/s1. The fraction of sp³-hybridized carbons (Fsp3) is 0.345. The Morgan fingerprint density at radius 1 is 0.971 bits per heavy atom. The third kappa shape index (κ3) is 5.08. The van der Waals surface area contributed by atoms with Crippen molar-refractivity contribution in [2.75, 3.05) is 0 Å². The molecule has 3 aromatic carbocycles. The molecule has 0 radical (unpaired) electrons. The number of aryl methyl sites for hydroxylation is 2. The first-order valence-electron chi connectivity index (χ1n) is 12.1. The fourth-order valence-electron chi connectivity index (χ4n) is 5.38. The molecule has 182 valence electrons. The smallest absolute Gasteiger partial charge is 0.254 e. The van der Waals surface area contributed by atoms with Crippen molar-refractivity contribution >= 4 is 17.7 Å². The van der Waals surface area contributed by atoms with E-state index in [2.05, 4.69) is 32.0 Å². The Hall–Kier alpha value is -2.86. The molecule has 2 heterocycles. The lowest BCUT2D eigenvalue weighted by Crippen LogP contribution is -2.49. The molecule has 0 unspecified atom stereocenters. The van der Waals surface area contributed by atoms with Crippen LogP contribution in [0.2, 0.25) is 0 Å². The van der Waals surface area contributed by atoms with E-state index in [4.69, 9.17) is 4.74 Å². The molecule has 0 spiro atoms. The molecule has 2 atom stereocenters. The van der Waals surface area contributed by atoms with Crippen LogP contribution in [0.5, 0.6) is 5.75 Å². The summed E-state index contributed by atoms with van der Waals surface area (Å²) < 4.78 is 33.1. The topological polar surface area (TPSA) is 29.5 Å². The summed E-state index contributed by atoms with van der Waals surface area (Å²) in [5, 5.41) is 0. The summed E-state index contributed by atoms with van der Waals surface area (Å²) in [7, 11) is 0. The van der Waals surface area contributed by atoms with Gasteiger partial charge in [0, 0.05) is 47.2 Å². The summed E-state index contributed by atoms with van der Waals surface area (Å²) in [6.45, 7) is 4.27. The number of hydrogen-bond acceptors (Lipinski definition) is 3. The number of ether oxygens (including phenoxy) is 1. The fourth-order valence-corrected chi connectivity index (χ4v) is 6.48. The zero-order valence-corrected chi connectivity index (χ0v) is 20.8. The first kappa shape index (κ1) is 23.9. The highest BCUT2D eigenvalue weighted by Gasteiger charge is 2.44. The van der Waals surface area contributed by atoms with Crippen molar-refractivity contribution in [3.05, 3.63) is 94.6 Å². The van der Waals surface area contributed by atoms with Crippen LogP contribution in [0, 0.1) is 25.5 Å². The first-order valence-corrected chi connectivity index (χ1v) is 13.1. The highest BCUT2D eigenvalue weighted by Crippen LogP contribution is 2.39. The summed E-state index contributed by atoms with van der Waals surface area (Å²) in [6.07, 6.45) is 2.98. The van der Waals surface area contributed by atoms with Gasteiger partial charge in [-0.05, 0) is 67.6 Å². The highest BCUT2D eigenvalue weighted by molar-refractivity contribution is 7.98. The highest BCUT2D eigenvalue weighted by atomic mass is 32.2. The largest absolute Gasteiger partial charge is 0.487 e. The van der Waals surface area contributed by atoms with E-state index in [1.54, 1.807) is 0 Å². The van der Waals surface area contributed by atoms with E-state index in [1.807, 2.05) is 40.9 Å². The molecule has 2 aliphatic heterocycles. The average Bonchev–Trinajstić information content (AvgIpc) is 3.10. The van der Waals surface area contributed by atoms with Gasteiger partial charge in [-0.1, -0.05) is 30.3 Å². The lowest BCUT2D eigenvalue weighted by Gasteiger charge is -2.39. The zero-order valence-electron chi connectivity index (χ0n) is 20.0. The molecule has 0 aromatic heterocycles. The van der Waals surface area contributed by atoms with E-state index < -0.39 is 11.6 Å². The van der Waals surface area contributed by atoms with Gasteiger partial charge in [-0.3, -0.25) is 4.79 Å². The predicted molar refractivity (Wildman–Crippen MR) is 135 cm³/mol.